The number of nitrogens with zero attached hydrogens (tertiary/aromatic N) is 2. The highest BCUT2D eigenvalue weighted by Crippen LogP contribution is 2.50. The van der Waals surface area contributed by atoms with E-state index in [-0.39, 0.29) is 0 Å². The molecule has 0 radical (unpaired) electrons. The largest absolute Gasteiger partial charge is 0.341 e. The summed E-state index contributed by atoms with van der Waals surface area (Å²) in [5.41, 5.74) is 18.3. The van der Waals surface area contributed by atoms with Crippen LogP contribution in [0.5, 0.6) is 0 Å². The zero-order valence-corrected chi connectivity index (χ0v) is 32.0. The van der Waals surface area contributed by atoms with E-state index in [4.69, 9.17) is 0 Å². The van der Waals surface area contributed by atoms with Gasteiger partial charge < -0.3 is 9.47 Å². The molecule has 1 aromatic heterocycles. The van der Waals surface area contributed by atoms with Crippen molar-refractivity contribution in [2.75, 3.05) is 11.4 Å². The van der Waals surface area contributed by atoms with Crippen LogP contribution in [0.2, 0.25) is 0 Å². The van der Waals surface area contributed by atoms with Gasteiger partial charge in [-0.2, -0.15) is 0 Å². The van der Waals surface area contributed by atoms with Crippen LogP contribution in [0.15, 0.2) is 201 Å². The minimum Gasteiger partial charge on any atom is -0.341 e. The second kappa shape index (κ2) is 12.8. The van der Waals surface area contributed by atoms with E-state index in [2.05, 4.69) is 210 Å². The molecule has 0 bridgehead atoms. The molecule has 0 amide bonds. The molecular formula is C56H38N2. The monoisotopic (exact) mass is 738 g/mol. The molecule has 0 saturated carbocycles. The molecule has 12 rings (SSSR count). The van der Waals surface area contributed by atoms with E-state index < -0.39 is 0 Å². The van der Waals surface area contributed by atoms with Crippen LogP contribution in [-0.2, 0) is 0 Å². The summed E-state index contributed by atoms with van der Waals surface area (Å²) in [5, 5.41) is 7.62. The molecule has 58 heavy (non-hydrogen) atoms. The van der Waals surface area contributed by atoms with Crippen LogP contribution in [0.1, 0.15) is 12.0 Å². The third-order valence-electron chi connectivity index (χ3n) is 12.5. The molecule has 2 nitrogen and oxygen atoms in total. The van der Waals surface area contributed by atoms with Gasteiger partial charge in [0.25, 0.3) is 0 Å². The highest BCUT2D eigenvalue weighted by molar-refractivity contribution is 6.19. The summed E-state index contributed by atoms with van der Waals surface area (Å²) in [6, 6.07) is 67.4. The van der Waals surface area contributed by atoms with E-state index in [1.165, 1.54) is 105 Å². The summed E-state index contributed by atoms with van der Waals surface area (Å²) < 4.78 is 2.48. The van der Waals surface area contributed by atoms with E-state index in [0.717, 1.165) is 24.1 Å². The molecule has 1 aliphatic heterocycles. The van der Waals surface area contributed by atoms with Gasteiger partial charge in [0.2, 0.25) is 0 Å². The minimum absolute atomic E-state index is 0.918. The standard InChI is InChI=1S/C56H38N2/c1-36-12-9-10-31-57(43-15-3-2-4-16-43)52-28-24-41(33-49(36)52)42-25-29-55-51(35-42)45-17-7-8-20-53(45)58(55)54-30-27-47-44-26-23-40(34-50(44)46-18-11-19-48(54)56(46)47)39-22-21-37-13-5-6-14-38(37)32-39/h2-9,11-30,32-35H,1,10,31H2/b12-9-. The summed E-state index contributed by atoms with van der Waals surface area (Å²) >= 11 is 0. The summed E-state index contributed by atoms with van der Waals surface area (Å²) in [7, 11) is 0. The first-order valence-corrected chi connectivity index (χ1v) is 20.2. The maximum absolute atomic E-state index is 4.51. The van der Waals surface area contributed by atoms with Crippen molar-refractivity contribution in [3.63, 3.8) is 0 Å². The third kappa shape index (κ3) is 4.98. The molecule has 9 aromatic carbocycles. The topological polar surface area (TPSA) is 8.17 Å². The van der Waals surface area contributed by atoms with Gasteiger partial charge in [-0.3, -0.25) is 0 Å². The first kappa shape index (κ1) is 32.8. The van der Waals surface area contributed by atoms with E-state index in [1.54, 1.807) is 0 Å². The van der Waals surface area contributed by atoms with E-state index in [9.17, 15) is 0 Å². The lowest BCUT2D eigenvalue weighted by molar-refractivity contribution is 0.936. The quantitative estimate of drug-likeness (QED) is 0.175. The fraction of sp³-hybridized carbons (Fsp3) is 0.0357. The number of rotatable bonds is 4. The Morgan fingerprint density at radius 2 is 1.07 bits per heavy atom. The lowest BCUT2D eigenvalue weighted by Crippen LogP contribution is -2.20. The van der Waals surface area contributed by atoms with Crippen LogP contribution in [0, 0.1) is 0 Å². The maximum Gasteiger partial charge on any atom is 0.0541 e. The van der Waals surface area contributed by atoms with Crippen molar-refractivity contribution >= 4 is 60.3 Å². The molecule has 10 aromatic rings. The number of para-hydroxylation sites is 2. The number of allylic oxidation sites excluding steroid dienone is 2. The molecule has 1 aliphatic carbocycles. The Labute approximate surface area is 337 Å². The average Bonchev–Trinajstić information content (AvgIpc) is 3.78. The van der Waals surface area contributed by atoms with Crippen molar-refractivity contribution < 1.29 is 0 Å². The van der Waals surface area contributed by atoms with Gasteiger partial charge >= 0.3 is 0 Å². The van der Waals surface area contributed by atoms with Crippen molar-refractivity contribution in [1.82, 2.24) is 4.57 Å². The van der Waals surface area contributed by atoms with Crippen molar-refractivity contribution in [3.8, 4) is 50.2 Å². The smallest absolute Gasteiger partial charge is 0.0541 e. The SMILES string of the molecule is C=C1/C=C\CCN(c2ccccc2)c2ccc(-c3ccc4c(c3)c3ccccc3n4-c3ccc4c5c(cccc35)-c3cc(-c5ccc6ccccc6c5)ccc3-4)cc21. The molecule has 0 spiro atoms. The number of anilines is 2. The molecule has 0 saturated heterocycles. The van der Waals surface area contributed by atoms with Gasteiger partial charge in [-0.15, -0.1) is 0 Å². The van der Waals surface area contributed by atoms with E-state index >= 15 is 0 Å². The Balaban J connectivity index is 0.985. The number of fused-ring (bicyclic) bond motifs is 8. The fourth-order valence-electron chi connectivity index (χ4n) is 9.72. The van der Waals surface area contributed by atoms with Crippen LogP contribution < -0.4 is 4.90 Å². The van der Waals surface area contributed by atoms with E-state index in [0.29, 0.717) is 0 Å². The Bertz CT molecular complexity index is 3360. The normalized spacial score (nSPS) is 13.9. The lowest BCUT2D eigenvalue weighted by Gasteiger charge is -2.29. The number of hydrogen-bond donors (Lipinski definition) is 0. The molecule has 0 N–H and O–H groups in total. The van der Waals surface area contributed by atoms with E-state index in [1.807, 2.05) is 0 Å². The van der Waals surface area contributed by atoms with Crippen LogP contribution >= 0.6 is 0 Å². The number of hydrogen-bond acceptors (Lipinski definition) is 1. The Morgan fingerprint density at radius 1 is 0.414 bits per heavy atom. The van der Waals surface area contributed by atoms with Crippen molar-refractivity contribution in [3.05, 3.63) is 206 Å². The van der Waals surface area contributed by atoms with Crippen LogP contribution in [-0.4, -0.2) is 11.1 Å². The Morgan fingerprint density at radius 3 is 1.98 bits per heavy atom. The van der Waals surface area contributed by atoms with Gasteiger partial charge in [-0.25, -0.2) is 0 Å². The number of benzene rings is 9. The van der Waals surface area contributed by atoms with Gasteiger partial charge in [0.05, 0.1) is 16.7 Å². The average molecular weight is 739 g/mol. The molecule has 272 valence electrons. The molecule has 2 heterocycles. The zero-order valence-electron chi connectivity index (χ0n) is 32.0. The van der Waals surface area contributed by atoms with Gasteiger partial charge in [-0.05, 0) is 133 Å². The highest BCUT2D eigenvalue weighted by atomic mass is 15.1. The molecule has 0 unspecified atom stereocenters. The molecule has 2 heteroatoms. The predicted molar refractivity (Wildman–Crippen MR) is 247 cm³/mol. The summed E-state index contributed by atoms with van der Waals surface area (Å²) in [6.07, 6.45) is 5.40. The zero-order chi connectivity index (χ0) is 38.3. The van der Waals surface area contributed by atoms with Crippen LogP contribution in [0.25, 0.3) is 99.1 Å². The molecule has 0 fully saturated rings. The summed E-state index contributed by atoms with van der Waals surface area (Å²) in [6.45, 7) is 5.43. The molecular weight excluding hydrogens is 701 g/mol. The van der Waals surface area contributed by atoms with Gasteiger partial charge in [-0.1, -0.05) is 140 Å². The Kier molecular flexibility index (Phi) is 7.24. The predicted octanol–water partition coefficient (Wildman–Crippen LogP) is 15.2. The van der Waals surface area contributed by atoms with Crippen molar-refractivity contribution in [2.45, 2.75) is 6.42 Å². The third-order valence-corrected chi connectivity index (χ3v) is 12.5. The van der Waals surface area contributed by atoms with Gasteiger partial charge in [0, 0.05) is 39.6 Å². The molecule has 2 aliphatic rings. The first-order valence-electron chi connectivity index (χ1n) is 20.2. The fourth-order valence-corrected chi connectivity index (χ4v) is 9.72. The van der Waals surface area contributed by atoms with Crippen LogP contribution in [0.3, 0.4) is 0 Å². The Hall–Kier alpha value is -7.42. The van der Waals surface area contributed by atoms with Gasteiger partial charge in [0.1, 0.15) is 0 Å². The second-order valence-corrected chi connectivity index (χ2v) is 15.7. The maximum atomic E-state index is 4.51. The molecule has 0 atom stereocenters. The van der Waals surface area contributed by atoms with Gasteiger partial charge in [0.15, 0.2) is 0 Å². The highest BCUT2D eigenvalue weighted by Gasteiger charge is 2.25. The van der Waals surface area contributed by atoms with Crippen molar-refractivity contribution in [2.24, 2.45) is 0 Å². The lowest BCUT2D eigenvalue weighted by atomic mass is 9.95. The first-order chi connectivity index (χ1) is 28.7. The second-order valence-electron chi connectivity index (χ2n) is 15.7. The minimum atomic E-state index is 0.918. The summed E-state index contributed by atoms with van der Waals surface area (Å²) in [4.78, 5) is 2.42. The van der Waals surface area contributed by atoms with Crippen molar-refractivity contribution in [1.29, 1.82) is 0 Å². The number of aromatic nitrogens is 1. The summed E-state index contributed by atoms with van der Waals surface area (Å²) in [5.74, 6) is 0. The van der Waals surface area contributed by atoms with Crippen LogP contribution in [0.4, 0.5) is 11.4 Å².